The van der Waals surface area contributed by atoms with E-state index in [1.165, 1.54) is 17.9 Å². The van der Waals surface area contributed by atoms with Gasteiger partial charge in [-0.1, -0.05) is 13.8 Å². The Morgan fingerprint density at radius 1 is 1.38 bits per heavy atom. The van der Waals surface area contributed by atoms with Crippen LogP contribution in [0.15, 0.2) is 6.33 Å². The maximum Gasteiger partial charge on any atom is 0.202 e. The molecule has 0 atom stereocenters. The van der Waals surface area contributed by atoms with Crippen molar-refractivity contribution in [1.29, 1.82) is 0 Å². The Kier molecular flexibility index (Phi) is 3.17. The first-order valence-electron chi connectivity index (χ1n) is 5.72. The van der Waals surface area contributed by atoms with Crippen LogP contribution in [0.5, 0.6) is 0 Å². The van der Waals surface area contributed by atoms with Gasteiger partial charge in [0.15, 0.2) is 0 Å². The van der Waals surface area contributed by atoms with Crippen LogP contribution in [0.3, 0.4) is 0 Å². The molecule has 0 aliphatic heterocycles. The normalized spacial score (nSPS) is 22.9. The summed E-state index contributed by atoms with van der Waals surface area (Å²) in [6, 6.07) is 0. The fourth-order valence-corrected chi connectivity index (χ4v) is 2.49. The van der Waals surface area contributed by atoms with Crippen LogP contribution in [0.4, 0.5) is 5.13 Å². The molecular weight excluding hydrogens is 222 g/mol. The van der Waals surface area contributed by atoms with E-state index in [9.17, 15) is 5.11 Å². The molecule has 0 unspecified atom stereocenters. The van der Waals surface area contributed by atoms with E-state index in [4.69, 9.17) is 0 Å². The molecule has 2 N–H and O–H groups in total. The fraction of sp³-hybridized carbons (Fsp3) is 0.818. The van der Waals surface area contributed by atoms with E-state index in [1.807, 2.05) is 0 Å². The van der Waals surface area contributed by atoms with E-state index < -0.39 is 5.60 Å². The molecule has 90 valence electrons. The SMILES string of the molecule is CC1(C)CCC(O)(CNc2ncns2)CC1. The van der Waals surface area contributed by atoms with E-state index in [0.29, 0.717) is 12.0 Å². The monoisotopic (exact) mass is 241 g/mol. The lowest BCUT2D eigenvalue weighted by Gasteiger charge is -2.40. The second kappa shape index (κ2) is 4.30. The molecule has 1 aromatic heterocycles. The molecule has 1 aromatic rings. The molecule has 1 aliphatic carbocycles. The fourth-order valence-electron chi connectivity index (χ4n) is 2.06. The first-order valence-corrected chi connectivity index (χ1v) is 6.50. The van der Waals surface area contributed by atoms with Crippen LogP contribution in [0.2, 0.25) is 0 Å². The van der Waals surface area contributed by atoms with E-state index >= 15 is 0 Å². The molecule has 0 aromatic carbocycles. The van der Waals surface area contributed by atoms with Crippen LogP contribution in [-0.2, 0) is 0 Å². The molecule has 1 heterocycles. The van der Waals surface area contributed by atoms with Crippen molar-refractivity contribution in [2.75, 3.05) is 11.9 Å². The van der Waals surface area contributed by atoms with Gasteiger partial charge >= 0.3 is 0 Å². The van der Waals surface area contributed by atoms with Crippen molar-refractivity contribution in [1.82, 2.24) is 9.36 Å². The second-order valence-corrected chi connectivity index (χ2v) is 6.27. The van der Waals surface area contributed by atoms with Gasteiger partial charge in [-0.05, 0) is 31.1 Å². The first kappa shape index (κ1) is 11.8. The van der Waals surface area contributed by atoms with Crippen LogP contribution < -0.4 is 5.32 Å². The zero-order chi connectivity index (χ0) is 11.6. The summed E-state index contributed by atoms with van der Waals surface area (Å²) in [4.78, 5) is 4.05. The summed E-state index contributed by atoms with van der Waals surface area (Å²) < 4.78 is 3.92. The Balaban J connectivity index is 1.85. The molecule has 5 heteroatoms. The van der Waals surface area contributed by atoms with Gasteiger partial charge in [-0.15, -0.1) is 0 Å². The number of anilines is 1. The third-order valence-electron chi connectivity index (χ3n) is 3.46. The molecule has 0 amide bonds. The largest absolute Gasteiger partial charge is 0.388 e. The van der Waals surface area contributed by atoms with Crippen LogP contribution in [0, 0.1) is 5.41 Å². The maximum atomic E-state index is 10.4. The van der Waals surface area contributed by atoms with Crippen molar-refractivity contribution in [2.24, 2.45) is 5.41 Å². The molecule has 1 fully saturated rings. The number of hydrogen-bond donors (Lipinski definition) is 2. The van der Waals surface area contributed by atoms with E-state index in [2.05, 4.69) is 28.5 Å². The smallest absolute Gasteiger partial charge is 0.202 e. The standard InChI is InChI=1S/C11H19N3OS/c1-10(2)3-5-11(15,6-4-10)7-12-9-13-8-14-16-9/h8,15H,3-7H2,1-2H3,(H,12,13,14). The van der Waals surface area contributed by atoms with Gasteiger partial charge < -0.3 is 10.4 Å². The lowest BCUT2D eigenvalue weighted by atomic mass is 9.71. The summed E-state index contributed by atoms with van der Waals surface area (Å²) in [6.45, 7) is 5.12. The number of rotatable bonds is 3. The van der Waals surface area contributed by atoms with Crippen LogP contribution in [0.1, 0.15) is 39.5 Å². The summed E-state index contributed by atoms with van der Waals surface area (Å²) >= 11 is 1.33. The average molecular weight is 241 g/mol. The Morgan fingerprint density at radius 3 is 2.62 bits per heavy atom. The number of hydrogen-bond acceptors (Lipinski definition) is 5. The van der Waals surface area contributed by atoms with Gasteiger partial charge in [-0.3, -0.25) is 0 Å². The highest BCUT2D eigenvalue weighted by molar-refractivity contribution is 7.09. The van der Waals surface area contributed by atoms with Gasteiger partial charge in [-0.25, -0.2) is 4.98 Å². The lowest BCUT2D eigenvalue weighted by molar-refractivity contribution is -0.0145. The van der Waals surface area contributed by atoms with Gasteiger partial charge in [-0.2, -0.15) is 4.37 Å². The molecule has 0 bridgehead atoms. The quantitative estimate of drug-likeness (QED) is 0.852. The van der Waals surface area contributed by atoms with Gasteiger partial charge in [0, 0.05) is 18.1 Å². The van der Waals surface area contributed by atoms with E-state index in [0.717, 1.165) is 30.8 Å². The molecule has 16 heavy (non-hydrogen) atoms. The van der Waals surface area contributed by atoms with Crippen molar-refractivity contribution >= 4 is 16.7 Å². The maximum absolute atomic E-state index is 10.4. The third kappa shape index (κ3) is 2.92. The number of aliphatic hydroxyl groups is 1. The zero-order valence-corrected chi connectivity index (χ0v) is 10.7. The van der Waals surface area contributed by atoms with Crippen molar-refractivity contribution in [3.8, 4) is 0 Å². The third-order valence-corrected chi connectivity index (χ3v) is 4.09. The van der Waals surface area contributed by atoms with Crippen LogP contribution in [-0.4, -0.2) is 26.6 Å². The van der Waals surface area contributed by atoms with Gasteiger partial charge in [0.25, 0.3) is 0 Å². The van der Waals surface area contributed by atoms with Crippen molar-refractivity contribution < 1.29 is 5.11 Å². The summed E-state index contributed by atoms with van der Waals surface area (Å²) in [6.07, 6.45) is 5.43. The van der Waals surface area contributed by atoms with Crippen molar-refractivity contribution in [3.05, 3.63) is 6.33 Å². The van der Waals surface area contributed by atoms with E-state index in [-0.39, 0.29) is 0 Å². The summed E-state index contributed by atoms with van der Waals surface area (Å²) in [5, 5.41) is 14.3. The minimum atomic E-state index is -0.568. The van der Waals surface area contributed by atoms with Crippen LogP contribution in [0.25, 0.3) is 0 Å². The topological polar surface area (TPSA) is 58.0 Å². The molecule has 0 radical (unpaired) electrons. The summed E-state index contributed by atoms with van der Waals surface area (Å²) in [5.74, 6) is 0. The molecule has 4 nitrogen and oxygen atoms in total. The zero-order valence-electron chi connectivity index (χ0n) is 9.86. The Morgan fingerprint density at radius 2 is 2.06 bits per heavy atom. The van der Waals surface area contributed by atoms with Crippen molar-refractivity contribution in [2.45, 2.75) is 45.1 Å². The number of nitrogens with one attached hydrogen (secondary N) is 1. The first-order chi connectivity index (χ1) is 7.49. The second-order valence-electron chi connectivity index (χ2n) is 5.49. The highest BCUT2D eigenvalue weighted by atomic mass is 32.1. The molecule has 1 saturated carbocycles. The molecular formula is C11H19N3OS. The summed E-state index contributed by atoms with van der Waals surface area (Å²) in [7, 11) is 0. The lowest BCUT2D eigenvalue weighted by Crippen LogP contribution is -2.42. The minimum Gasteiger partial charge on any atom is -0.388 e. The molecule has 1 aliphatic rings. The minimum absolute atomic E-state index is 0.384. The predicted octanol–water partition coefficient (Wildman–Crippen LogP) is 2.28. The van der Waals surface area contributed by atoms with E-state index in [1.54, 1.807) is 0 Å². The average Bonchev–Trinajstić information content (AvgIpc) is 2.74. The number of nitrogens with zero attached hydrogens (tertiary/aromatic N) is 2. The summed E-state index contributed by atoms with van der Waals surface area (Å²) in [5.41, 5.74) is -0.184. The molecule has 0 spiro atoms. The molecule has 0 saturated heterocycles. The highest BCUT2D eigenvalue weighted by Gasteiger charge is 2.36. The number of aromatic nitrogens is 2. The Labute approximate surface area is 100 Å². The molecule has 2 rings (SSSR count). The van der Waals surface area contributed by atoms with Gasteiger partial charge in [0.2, 0.25) is 5.13 Å². The van der Waals surface area contributed by atoms with Crippen LogP contribution >= 0.6 is 11.5 Å². The van der Waals surface area contributed by atoms with Gasteiger partial charge in [0.1, 0.15) is 6.33 Å². The Bertz CT molecular complexity index is 327. The van der Waals surface area contributed by atoms with Gasteiger partial charge in [0.05, 0.1) is 5.60 Å². The predicted molar refractivity (Wildman–Crippen MR) is 65.6 cm³/mol. The Hall–Kier alpha value is -0.680. The van der Waals surface area contributed by atoms with Crippen molar-refractivity contribution in [3.63, 3.8) is 0 Å². The highest BCUT2D eigenvalue weighted by Crippen LogP contribution is 2.40.